The molecule has 0 aliphatic carbocycles. The maximum atomic E-state index is 10.0. The van der Waals surface area contributed by atoms with Crippen LogP contribution >= 0.6 is 0 Å². The average molecular weight is 263 g/mol. The Bertz CT molecular complexity index is 411. The van der Waals surface area contributed by atoms with Gasteiger partial charge in [-0.2, -0.15) is 0 Å². The molecule has 1 heterocycles. The molecular formula is C16H25NO2. The van der Waals surface area contributed by atoms with Crippen molar-refractivity contribution in [2.75, 3.05) is 19.7 Å². The van der Waals surface area contributed by atoms with Gasteiger partial charge in [-0.25, -0.2) is 0 Å². The van der Waals surface area contributed by atoms with Gasteiger partial charge >= 0.3 is 0 Å². The van der Waals surface area contributed by atoms with E-state index in [1.165, 1.54) is 11.1 Å². The Kier molecular flexibility index (Phi) is 4.61. The smallest absolute Gasteiger partial charge is 0.0900 e. The highest BCUT2D eigenvalue weighted by Gasteiger charge is 2.20. The lowest BCUT2D eigenvalue weighted by molar-refractivity contribution is -0.0569. The molecule has 19 heavy (non-hydrogen) atoms. The van der Waals surface area contributed by atoms with Crippen LogP contribution in [-0.2, 0) is 17.7 Å². The van der Waals surface area contributed by atoms with Crippen molar-refractivity contribution in [2.24, 2.45) is 0 Å². The van der Waals surface area contributed by atoms with E-state index in [0.29, 0.717) is 13.2 Å². The van der Waals surface area contributed by atoms with Gasteiger partial charge in [0.25, 0.3) is 0 Å². The molecule has 0 aromatic heterocycles. The first-order valence-corrected chi connectivity index (χ1v) is 7.05. The number of aliphatic hydroxyl groups excluding tert-OH is 1. The number of β-amino-alcohol motifs (C(OH)–C–C–N with tert-alkyl or cyclic N) is 1. The van der Waals surface area contributed by atoms with Crippen molar-refractivity contribution in [3.05, 3.63) is 35.4 Å². The summed E-state index contributed by atoms with van der Waals surface area (Å²) in [5.74, 6) is 0. The molecule has 1 aromatic rings. The largest absolute Gasteiger partial charge is 0.389 e. The summed E-state index contributed by atoms with van der Waals surface area (Å²) in [4.78, 5) is 2.30. The van der Waals surface area contributed by atoms with E-state index >= 15 is 0 Å². The van der Waals surface area contributed by atoms with Crippen molar-refractivity contribution >= 4 is 0 Å². The molecule has 1 atom stereocenters. The van der Waals surface area contributed by atoms with Gasteiger partial charge in [-0.1, -0.05) is 24.3 Å². The zero-order valence-electron chi connectivity index (χ0n) is 12.2. The molecule has 2 rings (SSSR count). The molecule has 3 nitrogen and oxygen atoms in total. The van der Waals surface area contributed by atoms with Crippen LogP contribution in [0.4, 0.5) is 0 Å². The minimum atomic E-state index is -0.413. The normalized spacial score (nSPS) is 18.1. The van der Waals surface area contributed by atoms with Crippen LogP contribution in [0, 0.1) is 0 Å². The molecular weight excluding hydrogens is 238 g/mol. The molecule has 0 spiro atoms. The number of nitrogens with zero attached hydrogens (tertiary/aromatic N) is 1. The van der Waals surface area contributed by atoms with Crippen molar-refractivity contribution in [1.82, 2.24) is 4.90 Å². The lowest BCUT2D eigenvalue weighted by atomic mass is 10.00. The summed E-state index contributed by atoms with van der Waals surface area (Å²) in [7, 11) is 0. The fourth-order valence-corrected chi connectivity index (χ4v) is 2.41. The molecule has 0 saturated carbocycles. The van der Waals surface area contributed by atoms with Crippen LogP contribution in [0.5, 0.6) is 0 Å². The maximum Gasteiger partial charge on any atom is 0.0900 e. The second kappa shape index (κ2) is 6.04. The van der Waals surface area contributed by atoms with Crippen molar-refractivity contribution in [3.63, 3.8) is 0 Å². The van der Waals surface area contributed by atoms with Crippen molar-refractivity contribution in [3.8, 4) is 0 Å². The third-order valence-electron chi connectivity index (χ3n) is 3.39. The second-order valence-electron chi connectivity index (χ2n) is 6.33. The fourth-order valence-electron chi connectivity index (χ4n) is 2.41. The van der Waals surface area contributed by atoms with Crippen LogP contribution in [0.1, 0.15) is 31.9 Å². The quantitative estimate of drug-likeness (QED) is 0.904. The Hall–Kier alpha value is -0.900. The van der Waals surface area contributed by atoms with Gasteiger partial charge in [-0.15, -0.1) is 0 Å². The SMILES string of the molecule is CC(C)(C)OCC(O)CN1CCc2ccccc2C1. The monoisotopic (exact) mass is 263 g/mol. The van der Waals surface area contributed by atoms with Gasteiger partial charge in [0.2, 0.25) is 0 Å². The summed E-state index contributed by atoms with van der Waals surface area (Å²) >= 11 is 0. The van der Waals surface area contributed by atoms with Gasteiger partial charge in [0.15, 0.2) is 0 Å². The highest BCUT2D eigenvalue weighted by Crippen LogP contribution is 2.18. The van der Waals surface area contributed by atoms with Crippen molar-refractivity contribution < 1.29 is 9.84 Å². The summed E-state index contributed by atoms with van der Waals surface area (Å²) in [6, 6.07) is 8.56. The summed E-state index contributed by atoms with van der Waals surface area (Å²) in [5, 5.41) is 10.0. The summed E-state index contributed by atoms with van der Waals surface area (Å²) < 4.78 is 5.63. The van der Waals surface area contributed by atoms with E-state index in [9.17, 15) is 5.11 Å². The molecule has 0 radical (unpaired) electrons. The highest BCUT2D eigenvalue weighted by molar-refractivity contribution is 5.29. The number of hydrogen-bond acceptors (Lipinski definition) is 3. The minimum Gasteiger partial charge on any atom is -0.389 e. The Morgan fingerprint density at radius 1 is 1.26 bits per heavy atom. The third kappa shape index (κ3) is 4.60. The predicted molar refractivity (Wildman–Crippen MR) is 77.1 cm³/mol. The fraction of sp³-hybridized carbons (Fsp3) is 0.625. The lowest BCUT2D eigenvalue weighted by Gasteiger charge is -2.31. The van der Waals surface area contributed by atoms with Crippen molar-refractivity contribution in [2.45, 2.75) is 45.4 Å². The molecule has 1 aromatic carbocycles. The lowest BCUT2D eigenvalue weighted by Crippen LogP contribution is -2.39. The average Bonchev–Trinajstić information content (AvgIpc) is 2.35. The number of hydrogen-bond donors (Lipinski definition) is 1. The first-order valence-electron chi connectivity index (χ1n) is 7.05. The molecule has 0 saturated heterocycles. The molecule has 3 heteroatoms. The molecule has 0 amide bonds. The van der Waals surface area contributed by atoms with Gasteiger partial charge in [0.1, 0.15) is 0 Å². The number of fused-ring (bicyclic) bond motifs is 1. The first kappa shape index (κ1) is 14.5. The minimum absolute atomic E-state index is 0.185. The van der Waals surface area contributed by atoms with Crippen LogP contribution in [0.3, 0.4) is 0 Å². The van der Waals surface area contributed by atoms with E-state index in [-0.39, 0.29) is 5.60 Å². The maximum absolute atomic E-state index is 10.0. The zero-order valence-corrected chi connectivity index (χ0v) is 12.2. The topological polar surface area (TPSA) is 32.7 Å². The number of rotatable bonds is 4. The van der Waals surface area contributed by atoms with E-state index in [2.05, 4.69) is 29.2 Å². The van der Waals surface area contributed by atoms with Crippen LogP contribution < -0.4 is 0 Å². The van der Waals surface area contributed by atoms with Crippen LogP contribution in [0.15, 0.2) is 24.3 Å². The van der Waals surface area contributed by atoms with E-state index in [1.54, 1.807) is 0 Å². The molecule has 1 N–H and O–H groups in total. The number of aliphatic hydroxyl groups is 1. The van der Waals surface area contributed by atoms with Crippen LogP contribution in [0.2, 0.25) is 0 Å². The van der Waals surface area contributed by atoms with Gasteiger partial charge in [-0.05, 0) is 38.3 Å². The van der Waals surface area contributed by atoms with Gasteiger partial charge < -0.3 is 9.84 Å². The third-order valence-corrected chi connectivity index (χ3v) is 3.39. The van der Waals surface area contributed by atoms with Gasteiger partial charge in [-0.3, -0.25) is 4.90 Å². The Morgan fingerprint density at radius 3 is 2.63 bits per heavy atom. The highest BCUT2D eigenvalue weighted by atomic mass is 16.5. The van der Waals surface area contributed by atoms with Gasteiger partial charge in [0.05, 0.1) is 18.3 Å². The summed E-state index contributed by atoms with van der Waals surface area (Å²) in [6.45, 7) is 9.07. The molecule has 106 valence electrons. The molecule has 1 aliphatic heterocycles. The van der Waals surface area contributed by atoms with Gasteiger partial charge in [0, 0.05) is 19.6 Å². The number of ether oxygens (including phenoxy) is 1. The van der Waals surface area contributed by atoms with E-state index in [4.69, 9.17) is 4.74 Å². The Balaban J connectivity index is 1.82. The standard InChI is InChI=1S/C16H25NO2/c1-16(2,3)19-12-15(18)11-17-9-8-13-6-4-5-7-14(13)10-17/h4-7,15,18H,8-12H2,1-3H3. The Labute approximate surface area is 116 Å². The second-order valence-corrected chi connectivity index (χ2v) is 6.33. The molecule has 0 fully saturated rings. The van der Waals surface area contributed by atoms with E-state index < -0.39 is 6.10 Å². The Morgan fingerprint density at radius 2 is 1.95 bits per heavy atom. The summed E-state index contributed by atoms with van der Waals surface area (Å²) in [6.07, 6.45) is 0.660. The zero-order chi connectivity index (χ0) is 13.9. The summed E-state index contributed by atoms with van der Waals surface area (Å²) in [5.41, 5.74) is 2.65. The molecule has 0 bridgehead atoms. The van der Waals surface area contributed by atoms with Crippen LogP contribution in [0.25, 0.3) is 0 Å². The molecule has 1 unspecified atom stereocenters. The van der Waals surface area contributed by atoms with Crippen LogP contribution in [-0.4, -0.2) is 41.4 Å². The molecule has 1 aliphatic rings. The van der Waals surface area contributed by atoms with E-state index in [1.807, 2.05) is 20.8 Å². The number of benzene rings is 1. The first-order chi connectivity index (χ1) is 8.94. The predicted octanol–water partition coefficient (Wildman–Crippen LogP) is 2.22. The van der Waals surface area contributed by atoms with E-state index in [0.717, 1.165) is 19.5 Å². The van der Waals surface area contributed by atoms with Crippen molar-refractivity contribution in [1.29, 1.82) is 0 Å².